The van der Waals surface area contributed by atoms with Crippen molar-refractivity contribution < 1.29 is 14.3 Å². The molecule has 2 aromatic carbocycles. The average molecular weight is 404 g/mol. The van der Waals surface area contributed by atoms with Gasteiger partial charge in [-0.25, -0.2) is 4.98 Å². The van der Waals surface area contributed by atoms with Gasteiger partial charge in [-0.3, -0.25) is 4.79 Å². The third kappa shape index (κ3) is 5.05. The van der Waals surface area contributed by atoms with Gasteiger partial charge in [0.2, 0.25) is 5.91 Å². The van der Waals surface area contributed by atoms with Crippen LogP contribution < -0.4 is 20.5 Å². The van der Waals surface area contributed by atoms with E-state index < -0.39 is 0 Å². The molecular formula is C19H21N3O3S2. The number of anilines is 1. The van der Waals surface area contributed by atoms with Crippen LogP contribution in [0.25, 0.3) is 10.2 Å². The van der Waals surface area contributed by atoms with E-state index in [9.17, 15) is 4.79 Å². The van der Waals surface area contributed by atoms with Crippen molar-refractivity contribution in [3.05, 3.63) is 42.0 Å². The molecule has 0 aliphatic carbocycles. The lowest BCUT2D eigenvalue weighted by molar-refractivity contribution is -0.118. The average Bonchev–Trinajstić information content (AvgIpc) is 3.08. The first-order valence-corrected chi connectivity index (χ1v) is 10.2. The van der Waals surface area contributed by atoms with Gasteiger partial charge in [-0.1, -0.05) is 17.8 Å². The van der Waals surface area contributed by atoms with E-state index in [1.807, 2.05) is 36.4 Å². The van der Waals surface area contributed by atoms with E-state index in [-0.39, 0.29) is 5.91 Å². The van der Waals surface area contributed by atoms with E-state index >= 15 is 0 Å². The SMILES string of the molecule is COc1ccc(CCNC(=O)CSc2nc3ccc(N)cc3s2)cc1OC. The predicted molar refractivity (Wildman–Crippen MR) is 111 cm³/mol. The number of thiazole rings is 1. The Bertz CT molecular complexity index is 943. The van der Waals surface area contributed by atoms with Crippen molar-refractivity contribution in [2.75, 3.05) is 32.3 Å². The molecule has 0 bridgehead atoms. The summed E-state index contributed by atoms with van der Waals surface area (Å²) in [5, 5.41) is 2.94. The summed E-state index contributed by atoms with van der Waals surface area (Å²) in [5.74, 6) is 1.70. The molecule has 3 rings (SSSR count). The zero-order valence-corrected chi connectivity index (χ0v) is 16.8. The molecule has 3 aromatic rings. The van der Waals surface area contributed by atoms with Crippen LogP contribution in [-0.2, 0) is 11.2 Å². The van der Waals surface area contributed by atoms with E-state index in [4.69, 9.17) is 15.2 Å². The topological polar surface area (TPSA) is 86.5 Å². The molecule has 1 amide bonds. The first-order valence-electron chi connectivity index (χ1n) is 8.35. The maximum atomic E-state index is 12.1. The minimum absolute atomic E-state index is 0.0146. The molecule has 0 atom stereocenters. The number of methoxy groups -OCH3 is 2. The van der Waals surface area contributed by atoms with E-state index in [1.165, 1.54) is 11.8 Å². The fourth-order valence-corrected chi connectivity index (χ4v) is 4.49. The lowest BCUT2D eigenvalue weighted by Gasteiger charge is -2.10. The van der Waals surface area contributed by atoms with Gasteiger partial charge in [0.1, 0.15) is 0 Å². The summed E-state index contributed by atoms with van der Waals surface area (Å²) in [6, 6.07) is 11.4. The fraction of sp³-hybridized carbons (Fsp3) is 0.263. The Morgan fingerprint density at radius 1 is 1.19 bits per heavy atom. The molecular weight excluding hydrogens is 382 g/mol. The number of thioether (sulfide) groups is 1. The maximum Gasteiger partial charge on any atom is 0.230 e. The van der Waals surface area contributed by atoms with Gasteiger partial charge in [-0.15, -0.1) is 11.3 Å². The zero-order valence-electron chi connectivity index (χ0n) is 15.2. The second-order valence-corrected chi connectivity index (χ2v) is 8.04. The van der Waals surface area contributed by atoms with Crippen LogP contribution in [0, 0.1) is 0 Å². The number of carbonyl (C=O) groups is 1. The summed E-state index contributed by atoms with van der Waals surface area (Å²) in [7, 11) is 3.22. The van der Waals surface area contributed by atoms with Crippen molar-refractivity contribution in [2.24, 2.45) is 0 Å². The van der Waals surface area contributed by atoms with Crippen molar-refractivity contribution >= 4 is 44.9 Å². The number of hydrogen-bond acceptors (Lipinski definition) is 7. The molecule has 0 saturated carbocycles. The van der Waals surface area contributed by atoms with Crippen LogP contribution in [0.1, 0.15) is 5.56 Å². The van der Waals surface area contributed by atoms with Gasteiger partial charge in [0.05, 0.1) is 30.2 Å². The number of benzene rings is 2. The van der Waals surface area contributed by atoms with Crippen LogP contribution in [-0.4, -0.2) is 37.4 Å². The summed E-state index contributed by atoms with van der Waals surface area (Å²) in [6.45, 7) is 0.561. The van der Waals surface area contributed by atoms with Gasteiger partial charge in [0, 0.05) is 12.2 Å². The van der Waals surface area contributed by atoms with Crippen LogP contribution in [0.15, 0.2) is 40.7 Å². The van der Waals surface area contributed by atoms with Crippen molar-refractivity contribution in [3.8, 4) is 11.5 Å². The van der Waals surface area contributed by atoms with Crippen molar-refractivity contribution in [1.82, 2.24) is 10.3 Å². The highest BCUT2D eigenvalue weighted by Crippen LogP contribution is 2.30. The standard InChI is InChI=1S/C19H21N3O3S2/c1-24-15-6-3-12(9-16(15)25-2)7-8-21-18(23)11-26-19-22-14-5-4-13(20)10-17(14)27-19/h3-6,9-10H,7-8,11,20H2,1-2H3,(H,21,23). The Hall–Kier alpha value is -2.45. The predicted octanol–water partition coefficient (Wildman–Crippen LogP) is 3.35. The molecule has 0 aliphatic rings. The molecule has 1 aromatic heterocycles. The van der Waals surface area contributed by atoms with E-state index in [0.29, 0.717) is 23.8 Å². The normalized spacial score (nSPS) is 10.7. The summed E-state index contributed by atoms with van der Waals surface area (Å²) in [5.41, 5.74) is 8.49. The molecule has 0 unspecified atom stereocenters. The number of hydrogen-bond donors (Lipinski definition) is 2. The molecule has 1 heterocycles. The molecule has 0 fully saturated rings. The number of fused-ring (bicyclic) bond motifs is 1. The highest BCUT2D eigenvalue weighted by Gasteiger charge is 2.09. The molecule has 142 valence electrons. The Morgan fingerprint density at radius 3 is 2.78 bits per heavy atom. The van der Waals surface area contributed by atoms with Gasteiger partial charge in [-0.2, -0.15) is 0 Å². The molecule has 0 radical (unpaired) electrons. The van der Waals surface area contributed by atoms with Crippen molar-refractivity contribution in [2.45, 2.75) is 10.8 Å². The minimum Gasteiger partial charge on any atom is -0.493 e. The second kappa shape index (κ2) is 8.96. The number of nitrogen functional groups attached to an aromatic ring is 1. The Morgan fingerprint density at radius 2 is 2.00 bits per heavy atom. The van der Waals surface area contributed by atoms with Crippen molar-refractivity contribution in [3.63, 3.8) is 0 Å². The van der Waals surface area contributed by atoms with Gasteiger partial charge in [0.25, 0.3) is 0 Å². The number of aromatic nitrogens is 1. The number of nitrogens with one attached hydrogen (secondary N) is 1. The molecule has 8 heteroatoms. The van der Waals surface area contributed by atoms with Gasteiger partial charge >= 0.3 is 0 Å². The van der Waals surface area contributed by atoms with Gasteiger partial charge in [-0.05, 0) is 42.3 Å². The van der Waals surface area contributed by atoms with Crippen LogP contribution >= 0.6 is 23.1 Å². The number of carbonyl (C=O) groups excluding carboxylic acids is 1. The summed E-state index contributed by atoms with van der Waals surface area (Å²) >= 11 is 2.98. The minimum atomic E-state index is -0.0146. The molecule has 0 aliphatic heterocycles. The van der Waals surface area contributed by atoms with E-state index in [2.05, 4.69) is 10.3 Å². The Balaban J connectivity index is 1.46. The van der Waals surface area contributed by atoms with Crippen LogP contribution in [0.4, 0.5) is 5.69 Å². The number of rotatable bonds is 8. The number of ether oxygens (including phenoxy) is 2. The lowest BCUT2D eigenvalue weighted by atomic mass is 10.1. The number of amides is 1. The second-order valence-electron chi connectivity index (χ2n) is 5.78. The third-order valence-corrected chi connectivity index (χ3v) is 6.06. The molecule has 0 saturated heterocycles. The first-order chi connectivity index (χ1) is 13.1. The quantitative estimate of drug-likeness (QED) is 0.443. The monoisotopic (exact) mass is 403 g/mol. The molecule has 6 nitrogen and oxygen atoms in total. The fourth-order valence-electron chi connectivity index (χ4n) is 2.54. The van der Waals surface area contributed by atoms with E-state index in [0.717, 1.165) is 32.2 Å². The maximum absolute atomic E-state index is 12.1. The highest BCUT2D eigenvalue weighted by atomic mass is 32.2. The largest absolute Gasteiger partial charge is 0.493 e. The Kier molecular flexibility index (Phi) is 6.41. The van der Waals surface area contributed by atoms with Gasteiger partial charge in [0.15, 0.2) is 15.8 Å². The van der Waals surface area contributed by atoms with E-state index in [1.54, 1.807) is 25.6 Å². The first kappa shape index (κ1) is 19.3. The zero-order chi connectivity index (χ0) is 19.2. The smallest absolute Gasteiger partial charge is 0.230 e. The number of nitrogens with two attached hydrogens (primary N) is 1. The van der Waals surface area contributed by atoms with Crippen molar-refractivity contribution in [1.29, 1.82) is 0 Å². The van der Waals surface area contributed by atoms with Crippen LogP contribution in [0.2, 0.25) is 0 Å². The highest BCUT2D eigenvalue weighted by molar-refractivity contribution is 8.01. The lowest BCUT2D eigenvalue weighted by Crippen LogP contribution is -2.27. The molecule has 27 heavy (non-hydrogen) atoms. The van der Waals surface area contributed by atoms with Gasteiger partial charge < -0.3 is 20.5 Å². The number of nitrogens with zero attached hydrogens (tertiary/aromatic N) is 1. The molecule has 0 spiro atoms. The third-order valence-electron chi connectivity index (χ3n) is 3.90. The summed E-state index contributed by atoms with van der Waals surface area (Å²) < 4.78 is 12.4. The Labute approximate surface area is 166 Å². The van der Waals surface area contributed by atoms with Crippen LogP contribution in [0.5, 0.6) is 11.5 Å². The van der Waals surface area contributed by atoms with Crippen LogP contribution in [0.3, 0.4) is 0 Å². The molecule has 3 N–H and O–H groups in total. The summed E-state index contributed by atoms with van der Waals surface area (Å²) in [4.78, 5) is 16.6. The summed E-state index contributed by atoms with van der Waals surface area (Å²) in [6.07, 6.45) is 0.719.